The first-order chi connectivity index (χ1) is 6.97. The number of aromatic carboxylic acids is 1. The molecule has 0 aliphatic heterocycles. The summed E-state index contributed by atoms with van der Waals surface area (Å²) in [5.74, 6) is -1.12. The summed E-state index contributed by atoms with van der Waals surface area (Å²) in [6, 6.07) is 3.10. The molecule has 0 aliphatic carbocycles. The summed E-state index contributed by atoms with van der Waals surface area (Å²) in [7, 11) is 0. The van der Waals surface area contributed by atoms with E-state index in [1.165, 1.54) is 6.07 Å². The zero-order valence-electron chi connectivity index (χ0n) is 8.48. The smallest absolute Gasteiger partial charge is 0.335 e. The van der Waals surface area contributed by atoms with Crippen molar-refractivity contribution in [2.24, 2.45) is 10.9 Å². The van der Waals surface area contributed by atoms with Gasteiger partial charge in [0.15, 0.2) is 5.84 Å². The van der Waals surface area contributed by atoms with Crippen LogP contribution in [0.5, 0.6) is 0 Å². The molecule has 0 atom stereocenters. The van der Waals surface area contributed by atoms with E-state index in [1.54, 1.807) is 19.9 Å². The van der Waals surface area contributed by atoms with E-state index in [2.05, 4.69) is 5.16 Å². The molecule has 0 spiro atoms. The number of oxime groups is 1. The fourth-order valence-electron chi connectivity index (χ4n) is 1.41. The summed E-state index contributed by atoms with van der Waals surface area (Å²) in [5.41, 5.74) is 7.43. The third-order valence-corrected chi connectivity index (χ3v) is 2.19. The Labute approximate surface area is 86.8 Å². The van der Waals surface area contributed by atoms with Gasteiger partial charge in [-0.3, -0.25) is 0 Å². The molecule has 80 valence electrons. The molecule has 0 amide bonds. The van der Waals surface area contributed by atoms with Gasteiger partial charge in [-0.15, -0.1) is 0 Å². The van der Waals surface area contributed by atoms with Crippen molar-refractivity contribution in [3.8, 4) is 0 Å². The van der Waals surface area contributed by atoms with E-state index in [9.17, 15) is 4.79 Å². The fourth-order valence-corrected chi connectivity index (χ4v) is 1.41. The van der Waals surface area contributed by atoms with Crippen molar-refractivity contribution in [1.29, 1.82) is 0 Å². The Morgan fingerprint density at radius 3 is 2.27 bits per heavy atom. The predicted octanol–water partition coefficient (Wildman–Crippen LogP) is 1.10. The molecule has 0 unspecified atom stereocenters. The molecule has 1 aromatic carbocycles. The van der Waals surface area contributed by atoms with Crippen molar-refractivity contribution in [1.82, 2.24) is 0 Å². The fraction of sp³-hybridized carbons (Fsp3) is 0.200. The van der Waals surface area contributed by atoms with Gasteiger partial charge in [0.1, 0.15) is 0 Å². The van der Waals surface area contributed by atoms with E-state index < -0.39 is 5.97 Å². The van der Waals surface area contributed by atoms with Gasteiger partial charge in [0.05, 0.1) is 5.56 Å². The Bertz CT molecular complexity index is 439. The van der Waals surface area contributed by atoms with Crippen LogP contribution >= 0.6 is 0 Å². The van der Waals surface area contributed by atoms with Crippen molar-refractivity contribution in [3.63, 3.8) is 0 Å². The normalized spacial score (nSPS) is 11.5. The van der Waals surface area contributed by atoms with Crippen LogP contribution in [0.2, 0.25) is 0 Å². The molecule has 0 aromatic heterocycles. The van der Waals surface area contributed by atoms with Gasteiger partial charge in [0, 0.05) is 5.56 Å². The van der Waals surface area contributed by atoms with Crippen molar-refractivity contribution in [2.75, 3.05) is 0 Å². The third kappa shape index (κ3) is 2.07. The zero-order chi connectivity index (χ0) is 11.6. The number of hydrogen-bond acceptors (Lipinski definition) is 3. The predicted molar refractivity (Wildman–Crippen MR) is 55.4 cm³/mol. The minimum absolute atomic E-state index is 0.0880. The maximum Gasteiger partial charge on any atom is 0.335 e. The van der Waals surface area contributed by atoms with Gasteiger partial charge in [-0.05, 0) is 31.0 Å². The van der Waals surface area contributed by atoms with Crippen molar-refractivity contribution in [3.05, 3.63) is 34.4 Å². The van der Waals surface area contributed by atoms with E-state index in [0.717, 1.165) is 5.56 Å². The largest absolute Gasteiger partial charge is 0.478 e. The Kier molecular flexibility index (Phi) is 2.94. The average Bonchev–Trinajstić information content (AvgIpc) is 2.16. The second-order valence-corrected chi connectivity index (χ2v) is 3.27. The second-order valence-electron chi connectivity index (χ2n) is 3.27. The molecule has 0 radical (unpaired) electrons. The van der Waals surface area contributed by atoms with Crippen LogP contribution in [0, 0.1) is 13.8 Å². The summed E-state index contributed by atoms with van der Waals surface area (Å²) >= 11 is 0. The third-order valence-electron chi connectivity index (χ3n) is 2.19. The number of amidine groups is 1. The van der Waals surface area contributed by atoms with E-state index in [0.29, 0.717) is 11.1 Å². The summed E-state index contributed by atoms with van der Waals surface area (Å²) in [6.45, 7) is 3.47. The van der Waals surface area contributed by atoms with Crippen LogP contribution in [0.15, 0.2) is 17.3 Å². The first-order valence-electron chi connectivity index (χ1n) is 4.29. The number of carboxylic acids is 1. The molecule has 5 heteroatoms. The molecule has 0 heterocycles. The molecule has 1 rings (SSSR count). The molecular weight excluding hydrogens is 196 g/mol. The molecule has 5 nitrogen and oxygen atoms in total. The first kappa shape index (κ1) is 11.0. The maximum atomic E-state index is 10.9. The number of nitrogens with zero attached hydrogens (tertiary/aromatic N) is 1. The van der Waals surface area contributed by atoms with Crippen LogP contribution in [0.4, 0.5) is 0 Å². The number of carboxylic acid groups (broad SMARTS) is 1. The minimum atomic E-state index is -1.03. The molecule has 0 aliphatic rings. The van der Waals surface area contributed by atoms with E-state index in [1.807, 2.05) is 0 Å². The van der Waals surface area contributed by atoms with Crippen LogP contribution < -0.4 is 5.73 Å². The highest BCUT2D eigenvalue weighted by atomic mass is 16.4. The van der Waals surface area contributed by atoms with Gasteiger partial charge in [-0.1, -0.05) is 11.2 Å². The zero-order valence-corrected chi connectivity index (χ0v) is 8.48. The van der Waals surface area contributed by atoms with Gasteiger partial charge in [-0.25, -0.2) is 4.79 Å². The topological polar surface area (TPSA) is 95.9 Å². The molecule has 0 saturated heterocycles. The molecular formula is C10H12N2O3. The quantitative estimate of drug-likeness (QED) is 0.293. The van der Waals surface area contributed by atoms with Gasteiger partial charge in [0.2, 0.25) is 0 Å². The standard InChI is InChI=1S/C10H12N2O3/c1-5-3-6(2)8(10(13)14)4-7(5)9(11)12-15/h3-4,15H,1-2H3,(H2,11,12)(H,13,14). The number of hydrogen-bond donors (Lipinski definition) is 3. The van der Waals surface area contributed by atoms with Gasteiger partial charge >= 0.3 is 5.97 Å². The van der Waals surface area contributed by atoms with Gasteiger partial charge < -0.3 is 16.0 Å². The van der Waals surface area contributed by atoms with E-state index in [4.69, 9.17) is 16.0 Å². The molecule has 4 N–H and O–H groups in total. The Hall–Kier alpha value is -2.04. The number of aryl methyl sites for hydroxylation is 2. The second kappa shape index (κ2) is 4.00. The van der Waals surface area contributed by atoms with Gasteiger partial charge in [-0.2, -0.15) is 0 Å². The lowest BCUT2D eigenvalue weighted by Crippen LogP contribution is -2.16. The van der Waals surface area contributed by atoms with E-state index >= 15 is 0 Å². The number of benzene rings is 1. The van der Waals surface area contributed by atoms with Crippen molar-refractivity contribution in [2.45, 2.75) is 13.8 Å². The Morgan fingerprint density at radius 2 is 1.80 bits per heavy atom. The lowest BCUT2D eigenvalue weighted by Gasteiger charge is -2.08. The monoisotopic (exact) mass is 208 g/mol. The average molecular weight is 208 g/mol. The van der Waals surface area contributed by atoms with Crippen LogP contribution in [0.25, 0.3) is 0 Å². The highest BCUT2D eigenvalue weighted by molar-refractivity contribution is 6.01. The highest BCUT2D eigenvalue weighted by Crippen LogP contribution is 2.16. The van der Waals surface area contributed by atoms with Crippen LogP contribution in [0.1, 0.15) is 27.0 Å². The number of nitrogens with two attached hydrogens (primary N) is 1. The minimum Gasteiger partial charge on any atom is -0.478 e. The Morgan fingerprint density at radius 1 is 1.27 bits per heavy atom. The van der Waals surface area contributed by atoms with Crippen LogP contribution in [-0.4, -0.2) is 22.1 Å². The van der Waals surface area contributed by atoms with Crippen LogP contribution in [-0.2, 0) is 0 Å². The van der Waals surface area contributed by atoms with Crippen molar-refractivity contribution < 1.29 is 15.1 Å². The molecule has 0 saturated carbocycles. The molecule has 15 heavy (non-hydrogen) atoms. The maximum absolute atomic E-state index is 10.9. The molecule has 0 fully saturated rings. The highest BCUT2D eigenvalue weighted by Gasteiger charge is 2.12. The first-order valence-corrected chi connectivity index (χ1v) is 4.29. The molecule has 1 aromatic rings. The summed E-state index contributed by atoms with van der Waals surface area (Å²) in [6.07, 6.45) is 0. The number of rotatable bonds is 2. The van der Waals surface area contributed by atoms with E-state index in [-0.39, 0.29) is 11.4 Å². The Balaban J connectivity index is 3.43. The lowest BCUT2D eigenvalue weighted by atomic mass is 9.99. The lowest BCUT2D eigenvalue weighted by molar-refractivity contribution is 0.0696. The van der Waals surface area contributed by atoms with Crippen LogP contribution in [0.3, 0.4) is 0 Å². The summed E-state index contributed by atoms with van der Waals surface area (Å²) in [5, 5.41) is 20.3. The van der Waals surface area contributed by atoms with Crippen molar-refractivity contribution >= 4 is 11.8 Å². The number of carbonyl (C=O) groups is 1. The summed E-state index contributed by atoms with van der Waals surface area (Å²) in [4.78, 5) is 10.9. The SMILES string of the molecule is Cc1cc(C)c(C(N)=NO)cc1C(=O)O. The van der Waals surface area contributed by atoms with Gasteiger partial charge in [0.25, 0.3) is 0 Å². The summed E-state index contributed by atoms with van der Waals surface area (Å²) < 4.78 is 0. The molecule has 0 bridgehead atoms.